The van der Waals surface area contributed by atoms with Crippen LogP contribution >= 0.6 is 0 Å². The van der Waals surface area contributed by atoms with Crippen LogP contribution in [0.2, 0.25) is 0 Å². The van der Waals surface area contributed by atoms with Crippen molar-refractivity contribution in [1.82, 2.24) is 4.90 Å². The summed E-state index contributed by atoms with van der Waals surface area (Å²) < 4.78 is 11.0. The highest BCUT2D eigenvalue weighted by Crippen LogP contribution is 2.32. The molecule has 1 aliphatic carbocycles. The molecule has 22 heavy (non-hydrogen) atoms. The van der Waals surface area contributed by atoms with E-state index < -0.39 is 0 Å². The van der Waals surface area contributed by atoms with E-state index in [4.69, 9.17) is 9.47 Å². The maximum Gasteiger partial charge on any atom is 0.159 e. The van der Waals surface area contributed by atoms with Gasteiger partial charge in [0.1, 0.15) is 5.75 Å². The van der Waals surface area contributed by atoms with Gasteiger partial charge in [0.2, 0.25) is 0 Å². The lowest BCUT2D eigenvalue weighted by molar-refractivity contribution is 0.101. The fourth-order valence-electron chi connectivity index (χ4n) is 3.18. The van der Waals surface area contributed by atoms with E-state index in [1.54, 1.807) is 14.0 Å². The molecule has 0 spiro atoms. The Hall–Kier alpha value is -1.39. The van der Waals surface area contributed by atoms with E-state index in [1.807, 2.05) is 18.2 Å². The summed E-state index contributed by atoms with van der Waals surface area (Å²) >= 11 is 0. The number of hydrogen-bond donors (Lipinski definition) is 0. The number of Topliss-reactive ketones (excluding diaryl/α,β-unsaturated/α-hetero) is 1. The van der Waals surface area contributed by atoms with Gasteiger partial charge in [-0.3, -0.25) is 9.69 Å². The predicted molar refractivity (Wildman–Crippen MR) is 85.4 cm³/mol. The molecule has 1 heterocycles. The molecule has 3 rings (SSSR count). The molecular formula is C18H25NO3. The number of nitrogens with zero attached hydrogens (tertiary/aromatic N) is 1. The Morgan fingerprint density at radius 1 is 1.36 bits per heavy atom. The van der Waals surface area contributed by atoms with Crippen molar-refractivity contribution in [2.75, 3.05) is 26.9 Å². The van der Waals surface area contributed by atoms with Crippen LogP contribution in [0.25, 0.3) is 0 Å². The van der Waals surface area contributed by atoms with Gasteiger partial charge in [-0.05, 0) is 50.3 Å². The number of benzene rings is 1. The van der Waals surface area contributed by atoms with Crippen LogP contribution in [0.15, 0.2) is 18.2 Å². The van der Waals surface area contributed by atoms with Crippen molar-refractivity contribution in [2.24, 2.45) is 5.92 Å². The van der Waals surface area contributed by atoms with Crippen molar-refractivity contribution < 1.29 is 14.3 Å². The molecule has 0 N–H and O–H groups in total. The van der Waals surface area contributed by atoms with Crippen LogP contribution in [0, 0.1) is 5.92 Å². The van der Waals surface area contributed by atoms with E-state index in [1.165, 1.54) is 12.8 Å². The van der Waals surface area contributed by atoms with E-state index in [0.29, 0.717) is 12.0 Å². The van der Waals surface area contributed by atoms with E-state index in [0.717, 1.165) is 49.6 Å². The molecule has 1 aliphatic heterocycles. The van der Waals surface area contributed by atoms with Gasteiger partial charge in [0, 0.05) is 36.9 Å². The SMILES string of the molecule is COc1ccc(C(C)=O)cc1CN(C[C@@H]1CCOC1)C1CC1. The molecule has 2 fully saturated rings. The summed E-state index contributed by atoms with van der Waals surface area (Å²) in [5.41, 5.74) is 1.87. The van der Waals surface area contributed by atoms with Crippen LogP contribution in [-0.4, -0.2) is 43.6 Å². The van der Waals surface area contributed by atoms with Gasteiger partial charge in [-0.25, -0.2) is 0 Å². The molecule has 0 bridgehead atoms. The van der Waals surface area contributed by atoms with E-state index in [9.17, 15) is 4.79 Å². The van der Waals surface area contributed by atoms with E-state index >= 15 is 0 Å². The third-order valence-corrected chi connectivity index (χ3v) is 4.64. The van der Waals surface area contributed by atoms with Crippen molar-refractivity contribution in [2.45, 2.75) is 38.8 Å². The quantitative estimate of drug-likeness (QED) is 0.726. The average Bonchev–Trinajstić information content (AvgIpc) is 3.24. The molecule has 4 heteroatoms. The summed E-state index contributed by atoms with van der Waals surface area (Å²) in [4.78, 5) is 14.2. The van der Waals surface area contributed by atoms with Crippen LogP contribution in [-0.2, 0) is 11.3 Å². The third kappa shape index (κ3) is 3.68. The molecule has 1 aromatic rings. The largest absolute Gasteiger partial charge is 0.496 e. The second-order valence-electron chi connectivity index (χ2n) is 6.47. The lowest BCUT2D eigenvalue weighted by Gasteiger charge is -2.26. The lowest BCUT2D eigenvalue weighted by atomic mass is 10.0. The topological polar surface area (TPSA) is 38.8 Å². The monoisotopic (exact) mass is 303 g/mol. The second-order valence-corrected chi connectivity index (χ2v) is 6.47. The van der Waals surface area contributed by atoms with Gasteiger partial charge >= 0.3 is 0 Å². The molecule has 0 aromatic heterocycles. The number of rotatable bonds is 7. The zero-order chi connectivity index (χ0) is 15.5. The number of ketones is 1. The molecule has 4 nitrogen and oxygen atoms in total. The second kappa shape index (κ2) is 6.80. The minimum Gasteiger partial charge on any atom is -0.496 e. The lowest BCUT2D eigenvalue weighted by Crippen LogP contribution is -2.31. The Labute approximate surface area is 132 Å². The number of methoxy groups -OCH3 is 1. The number of hydrogen-bond acceptors (Lipinski definition) is 4. The highest BCUT2D eigenvalue weighted by atomic mass is 16.5. The average molecular weight is 303 g/mol. The van der Waals surface area contributed by atoms with Gasteiger partial charge in [-0.2, -0.15) is 0 Å². The summed E-state index contributed by atoms with van der Waals surface area (Å²) in [6.07, 6.45) is 3.72. The first kappa shape index (κ1) is 15.5. The smallest absolute Gasteiger partial charge is 0.159 e. The minimum absolute atomic E-state index is 0.103. The Kier molecular flexibility index (Phi) is 4.79. The van der Waals surface area contributed by atoms with Gasteiger partial charge in [0.15, 0.2) is 5.78 Å². The van der Waals surface area contributed by atoms with Gasteiger partial charge < -0.3 is 9.47 Å². The maximum absolute atomic E-state index is 11.6. The highest BCUT2D eigenvalue weighted by molar-refractivity contribution is 5.94. The molecule has 1 aromatic carbocycles. The zero-order valence-electron chi connectivity index (χ0n) is 13.5. The maximum atomic E-state index is 11.6. The third-order valence-electron chi connectivity index (χ3n) is 4.64. The molecule has 0 unspecified atom stereocenters. The number of carbonyl (C=O) groups excluding carboxylic acids is 1. The molecule has 1 atom stereocenters. The molecule has 0 amide bonds. The van der Waals surface area contributed by atoms with Crippen LogP contribution in [0.3, 0.4) is 0 Å². The molecular weight excluding hydrogens is 278 g/mol. The summed E-state index contributed by atoms with van der Waals surface area (Å²) in [5, 5.41) is 0. The van der Waals surface area contributed by atoms with Gasteiger partial charge in [0.05, 0.1) is 13.7 Å². The predicted octanol–water partition coefficient (Wildman–Crippen LogP) is 2.90. The number of ether oxygens (including phenoxy) is 2. The Morgan fingerprint density at radius 2 is 2.18 bits per heavy atom. The number of carbonyl (C=O) groups is 1. The van der Waals surface area contributed by atoms with Crippen molar-refractivity contribution >= 4 is 5.78 Å². The summed E-state index contributed by atoms with van der Waals surface area (Å²) in [6, 6.07) is 6.43. The first-order valence-corrected chi connectivity index (χ1v) is 8.17. The van der Waals surface area contributed by atoms with Crippen molar-refractivity contribution in [3.8, 4) is 5.75 Å². The molecule has 1 saturated heterocycles. The summed E-state index contributed by atoms with van der Waals surface area (Å²) in [5.74, 6) is 1.62. The van der Waals surface area contributed by atoms with Gasteiger partial charge in [-0.15, -0.1) is 0 Å². The van der Waals surface area contributed by atoms with Crippen molar-refractivity contribution in [1.29, 1.82) is 0 Å². The van der Waals surface area contributed by atoms with Crippen LogP contribution in [0.1, 0.15) is 42.1 Å². The van der Waals surface area contributed by atoms with E-state index in [2.05, 4.69) is 4.90 Å². The van der Waals surface area contributed by atoms with Crippen molar-refractivity contribution in [3.05, 3.63) is 29.3 Å². The van der Waals surface area contributed by atoms with Crippen LogP contribution in [0.5, 0.6) is 5.75 Å². The zero-order valence-corrected chi connectivity index (χ0v) is 13.5. The molecule has 2 aliphatic rings. The van der Waals surface area contributed by atoms with Crippen LogP contribution < -0.4 is 4.74 Å². The molecule has 1 saturated carbocycles. The fraction of sp³-hybridized carbons (Fsp3) is 0.611. The molecule has 120 valence electrons. The van der Waals surface area contributed by atoms with Gasteiger partial charge in [0.25, 0.3) is 0 Å². The first-order chi connectivity index (χ1) is 10.7. The Bertz CT molecular complexity index is 533. The summed E-state index contributed by atoms with van der Waals surface area (Å²) in [7, 11) is 1.69. The normalized spacial score (nSPS) is 21.3. The minimum atomic E-state index is 0.103. The molecule has 0 radical (unpaired) electrons. The Morgan fingerprint density at radius 3 is 2.77 bits per heavy atom. The summed E-state index contributed by atoms with van der Waals surface area (Å²) in [6.45, 7) is 5.32. The van der Waals surface area contributed by atoms with E-state index in [-0.39, 0.29) is 5.78 Å². The highest BCUT2D eigenvalue weighted by Gasteiger charge is 2.32. The standard InChI is InChI=1S/C18H25NO3/c1-13(20)15-3-6-18(21-2)16(9-15)11-19(17-4-5-17)10-14-7-8-22-12-14/h3,6,9,14,17H,4-5,7-8,10-12H2,1-2H3/t14-/m0/s1. The van der Waals surface area contributed by atoms with Gasteiger partial charge in [-0.1, -0.05) is 0 Å². The van der Waals surface area contributed by atoms with Crippen LogP contribution in [0.4, 0.5) is 0 Å². The fourth-order valence-corrected chi connectivity index (χ4v) is 3.18. The Balaban J connectivity index is 1.75. The first-order valence-electron chi connectivity index (χ1n) is 8.17. The van der Waals surface area contributed by atoms with Crippen molar-refractivity contribution in [3.63, 3.8) is 0 Å².